The Morgan fingerprint density at radius 2 is 2.07 bits per heavy atom. The zero-order valence-electron chi connectivity index (χ0n) is 8.39. The fourth-order valence-corrected chi connectivity index (χ4v) is 1.73. The van der Waals surface area contributed by atoms with Crippen molar-refractivity contribution in [2.24, 2.45) is 5.73 Å². The number of rotatable bonds is 4. The van der Waals surface area contributed by atoms with Crippen LogP contribution in [-0.2, 0) is 12.8 Å². The average Bonchev–Trinajstić information content (AvgIpc) is 2.18. The highest BCUT2D eigenvalue weighted by molar-refractivity contribution is 6.31. The molecular formula is C11H16ClNO. The minimum Gasteiger partial charge on any atom is -0.508 e. The number of hydrogen-bond donors (Lipinski definition) is 2. The van der Waals surface area contributed by atoms with Gasteiger partial charge in [-0.2, -0.15) is 0 Å². The maximum Gasteiger partial charge on any atom is 0.119 e. The van der Waals surface area contributed by atoms with Gasteiger partial charge >= 0.3 is 0 Å². The molecule has 0 fully saturated rings. The number of benzene rings is 1. The van der Waals surface area contributed by atoms with Gasteiger partial charge in [0.15, 0.2) is 0 Å². The molecule has 1 aromatic rings. The van der Waals surface area contributed by atoms with E-state index in [9.17, 15) is 5.11 Å². The number of phenols is 1. The molecule has 2 nitrogen and oxygen atoms in total. The number of phenolic OH excluding ortho intramolecular Hbond substituents is 1. The SMILES string of the molecule is CCc1cc(O)c(CCCN)cc1Cl. The summed E-state index contributed by atoms with van der Waals surface area (Å²) in [4.78, 5) is 0. The third-order valence-corrected chi connectivity index (χ3v) is 2.63. The molecule has 0 unspecified atom stereocenters. The first-order valence-electron chi connectivity index (χ1n) is 4.89. The second-order valence-corrected chi connectivity index (χ2v) is 3.73. The molecule has 0 radical (unpaired) electrons. The monoisotopic (exact) mass is 213 g/mol. The van der Waals surface area contributed by atoms with Crippen molar-refractivity contribution in [3.63, 3.8) is 0 Å². The lowest BCUT2D eigenvalue weighted by atomic mass is 10.0. The molecular weight excluding hydrogens is 198 g/mol. The maximum atomic E-state index is 9.67. The zero-order valence-corrected chi connectivity index (χ0v) is 9.14. The van der Waals surface area contributed by atoms with Crippen molar-refractivity contribution >= 4 is 11.6 Å². The van der Waals surface area contributed by atoms with Crippen molar-refractivity contribution in [2.45, 2.75) is 26.2 Å². The quantitative estimate of drug-likeness (QED) is 0.808. The van der Waals surface area contributed by atoms with Gasteiger partial charge < -0.3 is 10.8 Å². The third-order valence-electron chi connectivity index (χ3n) is 2.28. The Labute approximate surface area is 89.7 Å². The van der Waals surface area contributed by atoms with Crippen LogP contribution in [0.1, 0.15) is 24.5 Å². The lowest BCUT2D eigenvalue weighted by molar-refractivity contribution is 0.466. The first kappa shape index (κ1) is 11.3. The molecule has 0 aliphatic rings. The Kier molecular flexibility index (Phi) is 4.23. The second-order valence-electron chi connectivity index (χ2n) is 3.32. The molecule has 3 heteroatoms. The molecule has 1 rings (SSSR count). The van der Waals surface area contributed by atoms with Gasteiger partial charge in [0.05, 0.1) is 0 Å². The molecule has 0 amide bonds. The molecule has 0 aromatic heterocycles. The third kappa shape index (κ3) is 2.63. The lowest BCUT2D eigenvalue weighted by Crippen LogP contribution is -2.00. The molecule has 0 saturated heterocycles. The summed E-state index contributed by atoms with van der Waals surface area (Å²) in [5, 5.41) is 10.4. The number of aromatic hydroxyl groups is 1. The topological polar surface area (TPSA) is 46.2 Å². The van der Waals surface area contributed by atoms with Crippen LogP contribution in [0, 0.1) is 0 Å². The molecule has 0 atom stereocenters. The molecule has 14 heavy (non-hydrogen) atoms. The van der Waals surface area contributed by atoms with E-state index in [-0.39, 0.29) is 0 Å². The van der Waals surface area contributed by atoms with Gasteiger partial charge in [-0.05, 0) is 49.1 Å². The van der Waals surface area contributed by atoms with Crippen molar-refractivity contribution in [1.82, 2.24) is 0 Å². The molecule has 0 bridgehead atoms. The highest BCUT2D eigenvalue weighted by Gasteiger charge is 2.06. The molecule has 0 saturated carbocycles. The molecule has 1 aromatic carbocycles. The number of aryl methyl sites for hydroxylation is 2. The van der Waals surface area contributed by atoms with E-state index in [0.29, 0.717) is 12.3 Å². The predicted molar refractivity (Wildman–Crippen MR) is 59.9 cm³/mol. The summed E-state index contributed by atoms with van der Waals surface area (Å²) in [5.41, 5.74) is 7.28. The minimum atomic E-state index is 0.333. The Hall–Kier alpha value is -0.730. The molecule has 0 spiro atoms. The number of nitrogens with two attached hydrogens (primary N) is 1. The van der Waals surface area contributed by atoms with Crippen LogP contribution in [0.25, 0.3) is 0 Å². The van der Waals surface area contributed by atoms with E-state index >= 15 is 0 Å². The van der Waals surface area contributed by atoms with Gasteiger partial charge in [0.25, 0.3) is 0 Å². The Morgan fingerprint density at radius 3 is 2.64 bits per heavy atom. The van der Waals surface area contributed by atoms with E-state index in [1.54, 1.807) is 6.07 Å². The van der Waals surface area contributed by atoms with E-state index in [2.05, 4.69) is 0 Å². The van der Waals surface area contributed by atoms with Gasteiger partial charge in [-0.15, -0.1) is 0 Å². The molecule has 3 N–H and O–H groups in total. The summed E-state index contributed by atoms with van der Waals surface area (Å²) in [7, 11) is 0. The van der Waals surface area contributed by atoms with Gasteiger partial charge in [0.2, 0.25) is 0 Å². The summed E-state index contributed by atoms with van der Waals surface area (Å²) >= 11 is 6.04. The Bertz CT molecular complexity index is 312. The van der Waals surface area contributed by atoms with Crippen LogP contribution in [0.2, 0.25) is 5.02 Å². The summed E-state index contributed by atoms with van der Waals surface area (Å²) in [5.74, 6) is 0.333. The van der Waals surface area contributed by atoms with Crippen molar-refractivity contribution in [3.8, 4) is 5.75 Å². The van der Waals surface area contributed by atoms with Crippen LogP contribution in [0.15, 0.2) is 12.1 Å². The fourth-order valence-electron chi connectivity index (χ4n) is 1.41. The first-order chi connectivity index (χ1) is 6.69. The number of halogens is 1. The molecule has 78 valence electrons. The highest BCUT2D eigenvalue weighted by Crippen LogP contribution is 2.27. The van der Waals surface area contributed by atoms with Crippen LogP contribution in [0.4, 0.5) is 0 Å². The van der Waals surface area contributed by atoms with Gasteiger partial charge in [-0.1, -0.05) is 18.5 Å². The van der Waals surface area contributed by atoms with E-state index in [0.717, 1.165) is 35.4 Å². The van der Waals surface area contributed by atoms with E-state index in [4.69, 9.17) is 17.3 Å². The largest absolute Gasteiger partial charge is 0.508 e. The van der Waals surface area contributed by atoms with Crippen molar-refractivity contribution in [2.75, 3.05) is 6.54 Å². The lowest BCUT2D eigenvalue weighted by Gasteiger charge is -2.08. The Balaban J connectivity index is 2.90. The maximum absolute atomic E-state index is 9.67. The summed E-state index contributed by atoms with van der Waals surface area (Å²) in [6.45, 7) is 2.65. The van der Waals surface area contributed by atoms with E-state index in [1.807, 2.05) is 13.0 Å². The van der Waals surface area contributed by atoms with E-state index < -0.39 is 0 Å². The number of hydrogen-bond acceptors (Lipinski definition) is 2. The minimum absolute atomic E-state index is 0.333. The van der Waals surface area contributed by atoms with E-state index in [1.165, 1.54) is 0 Å². The van der Waals surface area contributed by atoms with Gasteiger partial charge in [-0.25, -0.2) is 0 Å². The summed E-state index contributed by atoms with van der Waals surface area (Å²) in [6, 6.07) is 3.58. The van der Waals surface area contributed by atoms with Crippen LogP contribution < -0.4 is 5.73 Å². The van der Waals surface area contributed by atoms with Crippen LogP contribution >= 0.6 is 11.6 Å². The summed E-state index contributed by atoms with van der Waals surface area (Å²) < 4.78 is 0. The van der Waals surface area contributed by atoms with Gasteiger partial charge in [0.1, 0.15) is 5.75 Å². The standard InChI is InChI=1S/C11H16ClNO/c1-2-8-7-11(14)9(4-3-5-13)6-10(8)12/h6-7,14H,2-5,13H2,1H3. The smallest absolute Gasteiger partial charge is 0.119 e. The molecule has 0 heterocycles. The van der Waals surface area contributed by atoms with Crippen LogP contribution in [-0.4, -0.2) is 11.7 Å². The fraction of sp³-hybridized carbons (Fsp3) is 0.455. The molecule has 0 aliphatic heterocycles. The van der Waals surface area contributed by atoms with Gasteiger partial charge in [-0.3, -0.25) is 0 Å². The highest BCUT2D eigenvalue weighted by atomic mass is 35.5. The van der Waals surface area contributed by atoms with Crippen molar-refractivity contribution < 1.29 is 5.11 Å². The summed E-state index contributed by atoms with van der Waals surface area (Å²) in [6.07, 6.45) is 2.49. The first-order valence-corrected chi connectivity index (χ1v) is 5.27. The normalized spacial score (nSPS) is 10.5. The van der Waals surface area contributed by atoms with Crippen molar-refractivity contribution in [3.05, 3.63) is 28.3 Å². The second kappa shape index (κ2) is 5.23. The zero-order chi connectivity index (χ0) is 10.6. The molecule has 0 aliphatic carbocycles. The van der Waals surface area contributed by atoms with Crippen molar-refractivity contribution in [1.29, 1.82) is 0 Å². The predicted octanol–water partition coefficient (Wildman–Crippen LogP) is 2.50. The van der Waals surface area contributed by atoms with Crippen LogP contribution in [0.5, 0.6) is 5.75 Å². The Morgan fingerprint density at radius 1 is 1.36 bits per heavy atom. The van der Waals surface area contributed by atoms with Crippen LogP contribution in [0.3, 0.4) is 0 Å². The van der Waals surface area contributed by atoms with Gasteiger partial charge in [0, 0.05) is 5.02 Å². The average molecular weight is 214 g/mol.